The molecule has 1 heterocycles. The van der Waals surface area contributed by atoms with Crippen LogP contribution in [0.3, 0.4) is 0 Å². The van der Waals surface area contributed by atoms with Gasteiger partial charge in [0.15, 0.2) is 10.8 Å². The lowest BCUT2D eigenvalue weighted by atomic mass is 9.77. The van der Waals surface area contributed by atoms with E-state index in [1.54, 1.807) is 0 Å². The summed E-state index contributed by atoms with van der Waals surface area (Å²) in [5.74, 6) is 3.19. The van der Waals surface area contributed by atoms with Gasteiger partial charge in [-0.2, -0.15) is 0 Å². The molecule has 0 saturated heterocycles. The summed E-state index contributed by atoms with van der Waals surface area (Å²) in [7, 11) is 0. The van der Waals surface area contributed by atoms with Crippen LogP contribution >= 0.6 is 15.9 Å². The molecule has 1 atom stereocenters. The third-order valence-corrected chi connectivity index (χ3v) is 6.72. The van der Waals surface area contributed by atoms with Gasteiger partial charge in [0.05, 0.1) is 0 Å². The lowest BCUT2D eigenvalue weighted by Gasteiger charge is -2.28. The molecule has 1 aromatic carbocycles. The Morgan fingerprint density at radius 1 is 1.03 bits per heavy atom. The average molecular weight is 459 g/mol. The van der Waals surface area contributed by atoms with Gasteiger partial charge in [-0.3, -0.25) is 0 Å². The van der Waals surface area contributed by atoms with Crippen molar-refractivity contribution in [3.05, 3.63) is 42.2 Å². The maximum absolute atomic E-state index is 5.94. The Labute approximate surface area is 184 Å². The Morgan fingerprint density at radius 2 is 1.79 bits per heavy atom. The summed E-state index contributed by atoms with van der Waals surface area (Å²) in [5.41, 5.74) is 2.31. The van der Waals surface area contributed by atoms with Crippen LogP contribution in [-0.2, 0) is 0 Å². The number of hydrogen-bond acceptors (Lipinski definition) is 3. The van der Waals surface area contributed by atoms with Crippen LogP contribution in [0.15, 0.2) is 36.7 Å². The molecular weight excluding hydrogens is 424 g/mol. The molecule has 0 aliphatic heterocycles. The van der Waals surface area contributed by atoms with Gasteiger partial charge in [0.1, 0.15) is 5.75 Å². The highest BCUT2D eigenvalue weighted by Gasteiger charge is 2.22. The standard InChI is InChI=1S/C25H35BrN2O/c1-3-5-6-9-19-12-14-20(15-13-19)22-17-27-25(28-18-22)21-10-7-11-23(16-21)29-24(26)8-4-2/h7,10-11,16-20,24H,3-6,8-9,12-15H2,1-2H3/t19-,20-,24?. The van der Waals surface area contributed by atoms with Crippen molar-refractivity contribution < 1.29 is 4.74 Å². The second kappa shape index (κ2) is 11.7. The average Bonchev–Trinajstić information content (AvgIpc) is 2.75. The molecule has 29 heavy (non-hydrogen) atoms. The molecule has 1 fully saturated rings. The quantitative estimate of drug-likeness (QED) is 0.268. The van der Waals surface area contributed by atoms with Crippen molar-refractivity contribution in [2.24, 2.45) is 5.92 Å². The minimum atomic E-state index is 0.0446. The molecule has 0 N–H and O–H groups in total. The zero-order chi connectivity index (χ0) is 20.5. The van der Waals surface area contributed by atoms with Gasteiger partial charge in [0.2, 0.25) is 0 Å². The second-order valence-corrected chi connectivity index (χ2v) is 9.42. The fourth-order valence-corrected chi connectivity index (χ4v) is 4.98. The molecular formula is C25H35BrN2O. The first-order valence-corrected chi connectivity index (χ1v) is 12.3. The third kappa shape index (κ3) is 6.80. The van der Waals surface area contributed by atoms with Crippen LogP contribution in [-0.4, -0.2) is 15.0 Å². The molecule has 3 rings (SSSR count). The van der Waals surface area contributed by atoms with E-state index in [9.17, 15) is 0 Å². The molecule has 1 saturated carbocycles. The predicted octanol–water partition coefficient (Wildman–Crippen LogP) is 7.90. The minimum Gasteiger partial charge on any atom is -0.479 e. The van der Waals surface area contributed by atoms with Gasteiger partial charge in [0.25, 0.3) is 0 Å². The lowest BCUT2D eigenvalue weighted by molar-refractivity contribution is 0.282. The van der Waals surface area contributed by atoms with Crippen LogP contribution in [0.2, 0.25) is 0 Å². The largest absolute Gasteiger partial charge is 0.479 e. The highest BCUT2D eigenvalue weighted by molar-refractivity contribution is 9.09. The van der Waals surface area contributed by atoms with Crippen molar-refractivity contribution in [1.29, 1.82) is 0 Å². The van der Waals surface area contributed by atoms with E-state index in [-0.39, 0.29) is 5.01 Å². The van der Waals surface area contributed by atoms with Gasteiger partial charge in [-0.1, -0.05) is 58.1 Å². The van der Waals surface area contributed by atoms with E-state index in [1.165, 1.54) is 56.9 Å². The van der Waals surface area contributed by atoms with E-state index < -0.39 is 0 Å². The van der Waals surface area contributed by atoms with Crippen LogP contribution in [0, 0.1) is 5.92 Å². The third-order valence-electron chi connectivity index (χ3n) is 6.08. The Hall–Kier alpha value is -1.42. The molecule has 158 valence electrons. The molecule has 1 aromatic heterocycles. The summed E-state index contributed by atoms with van der Waals surface area (Å²) >= 11 is 3.58. The van der Waals surface area contributed by atoms with Crippen molar-refractivity contribution >= 4 is 15.9 Å². The highest BCUT2D eigenvalue weighted by atomic mass is 79.9. The van der Waals surface area contributed by atoms with E-state index in [4.69, 9.17) is 4.74 Å². The van der Waals surface area contributed by atoms with E-state index in [2.05, 4.69) is 39.7 Å². The zero-order valence-electron chi connectivity index (χ0n) is 17.9. The summed E-state index contributed by atoms with van der Waals surface area (Å²) in [6.07, 6.45) is 17.0. The van der Waals surface area contributed by atoms with Crippen LogP contribution < -0.4 is 4.74 Å². The summed E-state index contributed by atoms with van der Waals surface area (Å²) in [6, 6.07) is 8.07. The van der Waals surface area contributed by atoms with Gasteiger partial charge in [-0.25, -0.2) is 9.97 Å². The molecule has 1 unspecified atom stereocenters. The molecule has 0 radical (unpaired) electrons. The number of aromatic nitrogens is 2. The monoisotopic (exact) mass is 458 g/mol. The van der Waals surface area contributed by atoms with Crippen LogP contribution in [0.25, 0.3) is 11.4 Å². The van der Waals surface area contributed by atoms with E-state index >= 15 is 0 Å². The molecule has 3 nitrogen and oxygen atoms in total. The van der Waals surface area contributed by atoms with Crippen molar-refractivity contribution in [3.63, 3.8) is 0 Å². The maximum Gasteiger partial charge on any atom is 0.159 e. The number of benzene rings is 1. The fraction of sp³-hybridized carbons (Fsp3) is 0.600. The van der Waals surface area contributed by atoms with Gasteiger partial charge >= 0.3 is 0 Å². The summed E-state index contributed by atoms with van der Waals surface area (Å²) in [4.78, 5) is 9.36. The van der Waals surface area contributed by atoms with Crippen molar-refractivity contribution in [1.82, 2.24) is 9.97 Å². The second-order valence-electron chi connectivity index (χ2n) is 8.40. The SMILES string of the molecule is CCCCC[C@H]1CC[C@H](c2cnc(-c3cccc(OC(Br)CCC)c3)nc2)CC1. The number of unbranched alkanes of at least 4 members (excludes halogenated alkanes) is 2. The molecule has 0 bridgehead atoms. The number of ether oxygens (including phenoxy) is 1. The molecule has 1 aliphatic carbocycles. The first kappa shape index (κ1) is 22.3. The molecule has 4 heteroatoms. The number of alkyl halides is 1. The molecule has 1 aliphatic rings. The summed E-state index contributed by atoms with van der Waals surface area (Å²) in [5, 5.41) is 0.0446. The maximum atomic E-state index is 5.94. The number of nitrogens with zero attached hydrogens (tertiary/aromatic N) is 2. The Kier molecular flexibility index (Phi) is 8.97. The number of halogens is 1. The minimum absolute atomic E-state index is 0.0446. The highest BCUT2D eigenvalue weighted by Crippen LogP contribution is 2.37. The number of hydrogen-bond donors (Lipinski definition) is 0. The van der Waals surface area contributed by atoms with E-state index in [0.717, 1.165) is 35.9 Å². The topological polar surface area (TPSA) is 35.0 Å². The smallest absolute Gasteiger partial charge is 0.159 e. The van der Waals surface area contributed by atoms with Crippen molar-refractivity contribution in [3.8, 4) is 17.1 Å². The van der Waals surface area contributed by atoms with Crippen molar-refractivity contribution in [2.45, 2.75) is 89.0 Å². The predicted molar refractivity (Wildman–Crippen MR) is 125 cm³/mol. The summed E-state index contributed by atoms with van der Waals surface area (Å²) < 4.78 is 5.94. The van der Waals surface area contributed by atoms with Crippen LogP contribution in [0.1, 0.15) is 89.5 Å². The van der Waals surface area contributed by atoms with E-state index in [1.807, 2.05) is 36.7 Å². The molecule has 0 spiro atoms. The van der Waals surface area contributed by atoms with Crippen molar-refractivity contribution in [2.75, 3.05) is 0 Å². The Bertz CT molecular complexity index is 726. The van der Waals surface area contributed by atoms with Gasteiger partial charge in [-0.15, -0.1) is 0 Å². The normalized spacial score (nSPS) is 20.4. The van der Waals surface area contributed by atoms with Crippen LogP contribution in [0.5, 0.6) is 5.75 Å². The fourth-order valence-electron chi connectivity index (χ4n) is 4.31. The number of rotatable bonds is 10. The molecule has 0 amide bonds. The van der Waals surface area contributed by atoms with Gasteiger partial charge < -0.3 is 4.74 Å². The first-order chi connectivity index (χ1) is 14.2. The van der Waals surface area contributed by atoms with Gasteiger partial charge in [0, 0.05) is 18.0 Å². The lowest BCUT2D eigenvalue weighted by Crippen LogP contribution is -2.14. The molecule has 2 aromatic rings. The zero-order valence-corrected chi connectivity index (χ0v) is 19.5. The Balaban J connectivity index is 1.57. The van der Waals surface area contributed by atoms with E-state index in [0.29, 0.717) is 5.92 Å². The summed E-state index contributed by atoms with van der Waals surface area (Å²) in [6.45, 7) is 4.44. The van der Waals surface area contributed by atoms with Gasteiger partial charge in [-0.05, 0) is 77.6 Å². The van der Waals surface area contributed by atoms with Crippen LogP contribution in [0.4, 0.5) is 0 Å². The first-order valence-electron chi connectivity index (χ1n) is 11.4. The Morgan fingerprint density at radius 3 is 2.48 bits per heavy atom.